The first-order valence-electron chi connectivity index (χ1n) is 16.8. The van der Waals surface area contributed by atoms with Gasteiger partial charge in [0.25, 0.3) is 0 Å². The van der Waals surface area contributed by atoms with Crippen LogP contribution in [0.4, 0.5) is 19.0 Å². The number of aromatic hydroxyl groups is 1. The second-order valence-electron chi connectivity index (χ2n) is 14.1. The molecule has 246 valence electrons. The Hall–Kier alpha value is -4.40. The van der Waals surface area contributed by atoms with Crippen molar-refractivity contribution in [2.75, 3.05) is 37.7 Å². The smallest absolute Gasteiger partial charge is 0.319 e. The van der Waals surface area contributed by atoms with Gasteiger partial charge in [-0.15, -0.1) is 6.42 Å². The summed E-state index contributed by atoms with van der Waals surface area (Å²) < 4.78 is 53.0. The molecule has 48 heavy (non-hydrogen) atoms. The van der Waals surface area contributed by atoms with Crippen LogP contribution in [0.15, 0.2) is 41.6 Å². The molecule has 5 aliphatic rings. The van der Waals surface area contributed by atoms with Crippen LogP contribution in [0.2, 0.25) is 0 Å². The minimum atomic E-state index is -0.938. The monoisotopic (exact) mass is 652 g/mol. The molecule has 9 rings (SSSR count). The Morgan fingerprint density at radius 1 is 1.08 bits per heavy atom. The van der Waals surface area contributed by atoms with Gasteiger partial charge in [0.05, 0.1) is 16.5 Å². The lowest BCUT2D eigenvalue weighted by Crippen LogP contribution is -2.51. The number of benzene rings is 2. The number of hydrogen-bond acceptors (Lipinski definition) is 8. The van der Waals surface area contributed by atoms with Gasteiger partial charge in [0.1, 0.15) is 41.4 Å². The highest BCUT2D eigenvalue weighted by atomic mass is 19.1. The van der Waals surface area contributed by atoms with Gasteiger partial charge >= 0.3 is 6.01 Å². The molecule has 4 saturated heterocycles. The van der Waals surface area contributed by atoms with Crippen molar-refractivity contribution in [2.24, 2.45) is 0 Å². The van der Waals surface area contributed by atoms with Gasteiger partial charge < -0.3 is 20.1 Å². The number of ether oxygens (including phenoxy) is 1. The summed E-state index contributed by atoms with van der Waals surface area (Å²) in [7, 11) is 0. The molecule has 8 nitrogen and oxygen atoms in total. The van der Waals surface area contributed by atoms with Crippen molar-refractivity contribution in [2.45, 2.75) is 68.7 Å². The maximum atomic E-state index is 16.9. The Morgan fingerprint density at radius 2 is 1.90 bits per heavy atom. The molecule has 6 heterocycles. The largest absolute Gasteiger partial charge is 0.508 e. The number of fused-ring (bicyclic) bond motifs is 5. The van der Waals surface area contributed by atoms with Crippen LogP contribution in [0.5, 0.6) is 11.8 Å². The van der Waals surface area contributed by atoms with Gasteiger partial charge in [-0.2, -0.15) is 9.97 Å². The van der Waals surface area contributed by atoms with Gasteiger partial charge in [-0.3, -0.25) is 9.88 Å². The second kappa shape index (κ2) is 11.1. The molecule has 2 bridgehead atoms. The summed E-state index contributed by atoms with van der Waals surface area (Å²) in [5.41, 5.74) is 2.36. The number of terminal acetylenes is 1. The van der Waals surface area contributed by atoms with E-state index in [1.807, 2.05) is 0 Å². The number of allylic oxidation sites excluding steroid dienone is 1. The zero-order chi connectivity index (χ0) is 32.7. The van der Waals surface area contributed by atoms with Crippen molar-refractivity contribution in [1.29, 1.82) is 0 Å². The number of hydrogen-bond donors (Lipinski definition) is 2. The average Bonchev–Trinajstić information content (AvgIpc) is 3.66. The molecule has 4 aromatic rings. The molecule has 1 saturated carbocycles. The normalized spacial score (nSPS) is 26.7. The second-order valence-corrected chi connectivity index (χ2v) is 14.1. The van der Waals surface area contributed by atoms with Gasteiger partial charge in [-0.25, -0.2) is 13.2 Å². The van der Waals surface area contributed by atoms with Crippen LogP contribution in [0.3, 0.4) is 0 Å². The maximum absolute atomic E-state index is 16.9. The van der Waals surface area contributed by atoms with Crippen LogP contribution in [0, 0.1) is 24.0 Å². The van der Waals surface area contributed by atoms with Gasteiger partial charge in [0.15, 0.2) is 5.82 Å². The predicted molar refractivity (Wildman–Crippen MR) is 177 cm³/mol. The van der Waals surface area contributed by atoms with Crippen molar-refractivity contribution >= 4 is 27.5 Å². The topological polar surface area (TPSA) is 86.6 Å². The highest BCUT2D eigenvalue weighted by Crippen LogP contribution is 2.46. The number of piperazine rings is 1. The Morgan fingerprint density at radius 3 is 2.65 bits per heavy atom. The molecule has 0 amide bonds. The van der Waals surface area contributed by atoms with Crippen molar-refractivity contribution in [3.63, 3.8) is 0 Å². The van der Waals surface area contributed by atoms with Crippen LogP contribution in [0.1, 0.15) is 50.5 Å². The lowest BCUT2D eigenvalue weighted by atomic mass is 9.84. The molecule has 0 radical (unpaired) electrons. The fourth-order valence-corrected chi connectivity index (χ4v) is 8.72. The zero-order valence-electron chi connectivity index (χ0n) is 26.4. The van der Waals surface area contributed by atoms with Crippen molar-refractivity contribution in [3.8, 4) is 35.4 Å². The van der Waals surface area contributed by atoms with Gasteiger partial charge in [-0.05, 0) is 62.1 Å². The number of pyridine rings is 1. The average molecular weight is 653 g/mol. The summed E-state index contributed by atoms with van der Waals surface area (Å²) >= 11 is 0. The Bertz CT molecular complexity index is 2060. The van der Waals surface area contributed by atoms with E-state index in [2.05, 4.69) is 31.0 Å². The molecule has 4 atom stereocenters. The van der Waals surface area contributed by atoms with E-state index < -0.39 is 23.3 Å². The zero-order valence-corrected chi connectivity index (χ0v) is 26.4. The van der Waals surface area contributed by atoms with E-state index in [1.54, 1.807) is 0 Å². The number of phenolic OH excluding ortho intramolecular Hbond substituents is 1. The van der Waals surface area contributed by atoms with E-state index in [0.717, 1.165) is 38.6 Å². The summed E-state index contributed by atoms with van der Waals surface area (Å²) in [6, 6.07) is 6.08. The van der Waals surface area contributed by atoms with Crippen LogP contribution >= 0.6 is 0 Å². The van der Waals surface area contributed by atoms with Gasteiger partial charge in [0.2, 0.25) is 0 Å². The molecular formula is C37H35F3N6O2. The van der Waals surface area contributed by atoms with E-state index in [0.29, 0.717) is 42.6 Å². The third kappa shape index (κ3) is 4.71. The molecule has 1 aliphatic carbocycles. The van der Waals surface area contributed by atoms with Crippen molar-refractivity contribution < 1.29 is 23.0 Å². The number of nitrogens with one attached hydrogen (secondary N) is 1. The molecule has 2 N–H and O–H groups in total. The van der Waals surface area contributed by atoms with Crippen LogP contribution < -0.4 is 15.0 Å². The molecule has 5 fully saturated rings. The lowest BCUT2D eigenvalue weighted by molar-refractivity contribution is 0.107. The lowest BCUT2D eigenvalue weighted by Gasteiger charge is -2.34. The minimum Gasteiger partial charge on any atom is -0.508 e. The van der Waals surface area contributed by atoms with Crippen molar-refractivity contribution in [1.82, 2.24) is 25.2 Å². The third-order valence-corrected chi connectivity index (χ3v) is 11.2. The van der Waals surface area contributed by atoms with Gasteiger partial charge in [0, 0.05) is 61.8 Å². The number of rotatable bonds is 5. The minimum absolute atomic E-state index is 0.00567. The molecule has 4 aliphatic heterocycles. The summed E-state index contributed by atoms with van der Waals surface area (Å²) in [6.07, 6.45) is 12.9. The Labute approximate surface area is 276 Å². The number of alkyl halides is 1. The SMILES string of the molecule is C#Cc1c(F)ccc2cc(O)cc(-c3ncc4c(N5CC6CCC(C5)N6)nc(OCC56CC(=C7CCC7)CN5C[C@@H](F)C6)nc4c3F)c12. The van der Waals surface area contributed by atoms with Crippen LogP contribution in [-0.2, 0) is 0 Å². The Kier molecular flexibility index (Phi) is 6.85. The molecule has 3 unspecified atom stereocenters. The van der Waals surface area contributed by atoms with Crippen molar-refractivity contribution in [3.05, 3.63) is 58.8 Å². The van der Waals surface area contributed by atoms with E-state index in [4.69, 9.17) is 16.1 Å². The number of nitrogens with zero attached hydrogens (tertiary/aromatic N) is 5. The quantitative estimate of drug-likeness (QED) is 0.207. The first-order chi connectivity index (χ1) is 23.3. The predicted octanol–water partition coefficient (Wildman–Crippen LogP) is 5.80. The highest BCUT2D eigenvalue weighted by molar-refractivity contribution is 6.03. The molecule has 2 aromatic heterocycles. The molecular weight excluding hydrogens is 617 g/mol. The molecule has 2 aromatic carbocycles. The van der Waals surface area contributed by atoms with Crippen LogP contribution in [-0.4, -0.2) is 81.5 Å². The summed E-state index contributed by atoms with van der Waals surface area (Å²) in [5, 5.41) is 15.3. The number of halogens is 3. The molecule has 11 heteroatoms. The van der Waals surface area contributed by atoms with Crippen LogP contribution in [0.25, 0.3) is 32.9 Å². The Balaban J connectivity index is 1.16. The summed E-state index contributed by atoms with van der Waals surface area (Å²) in [4.78, 5) is 18.3. The third-order valence-electron chi connectivity index (χ3n) is 11.2. The first-order valence-corrected chi connectivity index (χ1v) is 16.8. The summed E-state index contributed by atoms with van der Waals surface area (Å²) in [6.45, 7) is 2.68. The highest BCUT2D eigenvalue weighted by Gasteiger charge is 2.52. The summed E-state index contributed by atoms with van der Waals surface area (Å²) in [5.74, 6) is 1.37. The van der Waals surface area contributed by atoms with E-state index in [9.17, 15) is 13.9 Å². The standard InChI is InChI=1S/C37H35F3N6O2/c1-2-27-30(39)9-6-21-10-26(47)11-28(31(21)27)33-32(40)34-29(14-41-33)35(45-17-24-7-8-25(18-45)42-24)44-36(43-34)48-19-37-12-22(20-4-3-5-20)15-46(37)16-23(38)13-37/h1,6,9-11,14,23-25,42,47H,3-5,7-8,12-13,15-19H2/t23-,24?,25?,37?/m0/s1. The maximum Gasteiger partial charge on any atom is 0.319 e. The van der Waals surface area contributed by atoms with E-state index in [1.165, 1.54) is 48.0 Å². The fourth-order valence-electron chi connectivity index (χ4n) is 8.72. The molecule has 0 spiro atoms. The van der Waals surface area contributed by atoms with E-state index in [-0.39, 0.29) is 58.2 Å². The number of aromatic nitrogens is 3. The first kappa shape index (κ1) is 29.7. The van der Waals surface area contributed by atoms with Gasteiger partial charge in [-0.1, -0.05) is 23.1 Å². The number of anilines is 1. The van der Waals surface area contributed by atoms with E-state index >= 15 is 4.39 Å². The number of phenols is 1. The fraction of sp³-hybridized carbons (Fsp3) is 0.432.